The Morgan fingerprint density at radius 2 is 2.14 bits per heavy atom. The van der Waals surface area contributed by atoms with Gasteiger partial charge in [0.1, 0.15) is 5.01 Å². The third kappa shape index (κ3) is 3.55. The number of aromatic amines is 2. The molecule has 3 N–H and O–H groups in total. The number of amides is 1. The number of rotatable bonds is 5. The lowest BCUT2D eigenvalue weighted by atomic mass is 10.2. The number of thioether (sulfide) groups is 1. The number of hydrogen-bond donors (Lipinski definition) is 3. The zero-order chi connectivity index (χ0) is 15.5. The van der Waals surface area contributed by atoms with Crippen LogP contribution in [0.5, 0.6) is 0 Å². The summed E-state index contributed by atoms with van der Waals surface area (Å²) in [6.07, 6.45) is 0. The summed E-state index contributed by atoms with van der Waals surface area (Å²) >= 11 is 2.84. The highest BCUT2D eigenvalue weighted by Gasteiger charge is 2.07. The van der Waals surface area contributed by atoms with Gasteiger partial charge in [-0.25, -0.2) is 4.79 Å². The van der Waals surface area contributed by atoms with Crippen LogP contribution in [-0.4, -0.2) is 31.8 Å². The molecule has 3 aromatic rings. The van der Waals surface area contributed by atoms with E-state index in [1.54, 1.807) is 0 Å². The van der Waals surface area contributed by atoms with Crippen molar-refractivity contribution in [1.29, 1.82) is 0 Å². The molecule has 0 aliphatic rings. The lowest BCUT2D eigenvalue weighted by molar-refractivity contribution is -0.118. The highest BCUT2D eigenvalue weighted by molar-refractivity contribution is 8.01. The molecular formula is C13H13N5O2S2. The Balaban J connectivity index is 1.54. The maximum absolute atomic E-state index is 11.8. The molecule has 0 unspecified atom stereocenters. The first-order valence-corrected chi connectivity index (χ1v) is 8.31. The number of carbonyl (C=O) groups is 1. The maximum Gasteiger partial charge on any atom is 0.323 e. The molecule has 0 saturated heterocycles. The first kappa shape index (κ1) is 14.8. The van der Waals surface area contributed by atoms with Crippen LogP contribution >= 0.6 is 23.1 Å². The van der Waals surface area contributed by atoms with E-state index >= 15 is 0 Å². The number of nitrogens with zero attached hydrogens (tertiary/aromatic N) is 2. The molecule has 0 bridgehead atoms. The van der Waals surface area contributed by atoms with Gasteiger partial charge in [-0.2, -0.15) is 0 Å². The molecule has 0 atom stereocenters. The van der Waals surface area contributed by atoms with Crippen molar-refractivity contribution in [1.82, 2.24) is 25.5 Å². The zero-order valence-electron chi connectivity index (χ0n) is 11.7. The van der Waals surface area contributed by atoms with Crippen LogP contribution in [0.1, 0.15) is 10.6 Å². The molecule has 0 radical (unpaired) electrons. The molecule has 2 heterocycles. The molecule has 7 nitrogen and oxygen atoms in total. The molecule has 9 heteroatoms. The predicted octanol–water partition coefficient (Wildman–Crippen LogP) is 1.42. The molecule has 0 aliphatic carbocycles. The summed E-state index contributed by atoms with van der Waals surface area (Å²) in [7, 11) is 0. The maximum atomic E-state index is 11.8. The average molecular weight is 335 g/mol. The lowest BCUT2D eigenvalue weighted by Crippen LogP contribution is -2.24. The van der Waals surface area contributed by atoms with E-state index in [-0.39, 0.29) is 11.6 Å². The molecule has 22 heavy (non-hydrogen) atoms. The van der Waals surface area contributed by atoms with Crippen molar-refractivity contribution in [3.05, 3.63) is 39.3 Å². The van der Waals surface area contributed by atoms with Crippen molar-refractivity contribution >= 4 is 40.0 Å². The molecule has 0 saturated carbocycles. The van der Waals surface area contributed by atoms with Crippen LogP contribution in [0.3, 0.4) is 0 Å². The number of benzene rings is 1. The summed E-state index contributed by atoms with van der Waals surface area (Å²) in [5.41, 5.74) is 2.17. The van der Waals surface area contributed by atoms with E-state index in [0.29, 0.717) is 12.3 Å². The fourth-order valence-corrected chi connectivity index (χ4v) is 3.55. The number of hydrogen-bond acceptors (Lipinski definition) is 6. The minimum absolute atomic E-state index is 0.0690. The number of fused-ring (bicyclic) bond motifs is 1. The van der Waals surface area contributed by atoms with E-state index in [0.717, 1.165) is 25.9 Å². The minimum Gasteiger partial charge on any atom is -0.351 e. The van der Waals surface area contributed by atoms with Gasteiger partial charge < -0.3 is 15.3 Å². The van der Waals surface area contributed by atoms with Gasteiger partial charge in [-0.3, -0.25) is 4.79 Å². The van der Waals surface area contributed by atoms with Crippen LogP contribution in [0.25, 0.3) is 11.0 Å². The standard InChI is InChI=1S/C13H13N5O2S2/c1-7-17-18-13(22-7)21-6-11(19)14-5-8-2-3-9-10(4-8)16-12(20)15-9/h2-4H,5-6H2,1H3,(H,14,19)(H2,15,16,20). The molecule has 114 valence electrons. The SMILES string of the molecule is Cc1nnc(SCC(=O)NCc2ccc3[nH]c(=O)[nH]c3c2)s1. The van der Waals surface area contributed by atoms with Crippen molar-refractivity contribution in [2.45, 2.75) is 17.8 Å². The first-order valence-electron chi connectivity index (χ1n) is 6.51. The van der Waals surface area contributed by atoms with Crippen LogP contribution in [0.15, 0.2) is 27.3 Å². The van der Waals surface area contributed by atoms with E-state index in [9.17, 15) is 9.59 Å². The van der Waals surface area contributed by atoms with Gasteiger partial charge in [-0.1, -0.05) is 29.2 Å². The Labute approximate surface area is 133 Å². The molecular weight excluding hydrogens is 322 g/mol. The van der Waals surface area contributed by atoms with Crippen LogP contribution in [0, 0.1) is 6.92 Å². The first-order chi connectivity index (χ1) is 10.6. The number of nitrogens with one attached hydrogen (secondary N) is 3. The molecule has 0 aliphatic heterocycles. The van der Waals surface area contributed by atoms with Crippen molar-refractivity contribution in [2.75, 3.05) is 5.75 Å². The summed E-state index contributed by atoms with van der Waals surface area (Å²) in [5.74, 6) is 0.234. The van der Waals surface area contributed by atoms with E-state index in [1.807, 2.05) is 25.1 Å². The highest BCUT2D eigenvalue weighted by atomic mass is 32.2. The van der Waals surface area contributed by atoms with E-state index in [2.05, 4.69) is 25.5 Å². The third-order valence-electron chi connectivity index (χ3n) is 2.90. The Hall–Kier alpha value is -2.13. The minimum atomic E-state index is -0.236. The summed E-state index contributed by atoms with van der Waals surface area (Å²) in [5, 5.41) is 11.6. The average Bonchev–Trinajstić information content (AvgIpc) is 3.06. The Bertz CT molecular complexity index is 867. The van der Waals surface area contributed by atoms with Gasteiger partial charge in [0.2, 0.25) is 5.91 Å². The van der Waals surface area contributed by atoms with Crippen molar-refractivity contribution in [3.8, 4) is 0 Å². The van der Waals surface area contributed by atoms with Gasteiger partial charge in [-0.15, -0.1) is 10.2 Å². The van der Waals surface area contributed by atoms with Crippen molar-refractivity contribution < 1.29 is 4.79 Å². The van der Waals surface area contributed by atoms with E-state index in [1.165, 1.54) is 23.1 Å². The predicted molar refractivity (Wildman–Crippen MR) is 86.1 cm³/mol. The molecule has 1 amide bonds. The fourth-order valence-electron chi connectivity index (χ4n) is 1.91. The quantitative estimate of drug-likeness (QED) is 0.612. The second-order valence-corrected chi connectivity index (χ2v) is 7.02. The monoisotopic (exact) mass is 335 g/mol. The van der Waals surface area contributed by atoms with Crippen LogP contribution in [-0.2, 0) is 11.3 Å². The molecule has 1 aromatic carbocycles. The van der Waals surface area contributed by atoms with E-state index in [4.69, 9.17) is 0 Å². The second kappa shape index (κ2) is 6.32. The van der Waals surface area contributed by atoms with Crippen LogP contribution in [0.2, 0.25) is 0 Å². The third-order valence-corrected chi connectivity index (χ3v) is 4.88. The number of aryl methyl sites for hydroxylation is 1. The molecule has 2 aromatic heterocycles. The van der Waals surface area contributed by atoms with Crippen LogP contribution < -0.4 is 11.0 Å². The van der Waals surface area contributed by atoms with Crippen molar-refractivity contribution in [2.24, 2.45) is 0 Å². The summed E-state index contributed by atoms with van der Waals surface area (Å²) in [6, 6.07) is 5.52. The zero-order valence-corrected chi connectivity index (χ0v) is 13.3. The largest absolute Gasteiger partial charge is 0.351 e. The van der Waals surface area contributed by atoms with Gasteiger partial charge in [0.15, 0.2) is 4.34 Å². The summed E-state index contributed by atoms with van der Waals surface area (Å²) in [4.78, 5) is 28.4. The lowest BCUT2D eigenvalue weighted by Gasteiger charge is -2.04. The highest BCUT2D eigenvalue weighted by Crippen LogP contribution is 2.21. The number of carbonyl (C=O) groups excluding carboxylic acids is 1. The Morgan fingerprint density at radius 3 is 2.91 bits per heavy atom. The van der Waals surface area contributed by atoms with Gasteiger partial charge in [-0.05, 0) is 24.6 Å². The number of H-pyrrole nitrogens is 2. The molecule has 0 fully saturated rings. The normalized spacial score (nSPS) is 11.0. The van der Waals surface area contributed by atoms with Gasteiger partial charge >= 0.3 is 5.69 Å². The number of aromatic nitrogens is 4. The topological polar surface area (TPSA) is 104 Å². The van der Waals surface area contributed by atoms with Gasteiger partial charge in [0.25, 0.3) is 0 Å². The molecule has 3 rings (SSSR count). The van der Waals surface area contributed by atoms with Gasteiger partial charge in [0.05, 0.1) is 16.8 Å². The fraction of sp³-hybridized carbons (Fsp3) is 0.231. The van der Waals surface area contributed by atoms with Crippen molar-refractivity contribution in [3.63, 3.8) is 0 Å². The second-order valence-electron chi connectivity index (χ2n) is 4.61. The van der Waals surface area contributed by atoms with Crippen LogP contribution in [0.4, 0.5) is 0 Å². The number of imidazole rings is 1. The summed E-state index contributed by atoms with van der Waals surface area (Å²) < 4.78 is 0.791. The van der Waals surface area contributed by atoms with Gasteiger partial charge in [0, 0.05) is 6.54 Å². The Morgan fingerprint density at radius 1 is 1.32 bits per heavy atom. The smallest absolute Gasteiger partial charge is 0.323 e. The molecule has 0 spiro atoms. The van der Waals surface area contributed by atoms with E-state index < -0.39 is 0 Å². The Kier molecular flexibility index (Phi) is 4.25. The summed E-state index contributed by atoms with van der Waals surface area (Å²) in [6.45, 7) is 2.29.